The molecule has 0 fully saturated rings. The van der Waals surface area contributed by atoms with Crippen molar-refractivity contribution in [2.75, 3.05) is 17.7 Å². The third-order valence-electron chi connectivity index (χ3n) is 5.42. The monoisotopic (exact) mass is 487 g/mol. The van der Waals surface area contributed by atoms with Crippen molar-refractivity contribution >= 4 is 51.3 Å². The summed E-state index contributed by atoms with van der Waals surface area (Å²) >= 11 is 4.41. The summed E-state index contributed by atoms with van der Waals surface area (Å²) in [6, 6.07) is 5.85. The van der Waals surface area contributed by atoms with Crippen molar-refractivity contribution in [1.82, 2.24) is 9.97 Å². The number of rotatable bonds is 8. The Bertz CT molecular complexity index is 1100. The molecule has 3 aromatic heterocycles. The lowest BCUT2D eigenvalue weighted by molar-refractivity contribution is -0.113. The summed E-state index contributed by atoms with van der Waals surface area (Å²) in [5.41, 5.74) is 2.43. The maximum Gasteiger partial charge on any atom is 0.341 e. The molecule has 32 heavy (non-hydrogen) atoms. The molecule has 9 heteroatoms. The molecule has 1 amide bonds. The van der Waals surface area contributed by atoms with E-state index in [0.717, 1.165) is 41.8 Å². The van der Waals surface area contributed by atoms with Crippen molar-refractivity contribution in [3.05, 3.63) is 45.8 Å². The molecular weight excluding hydrogens is 462 g/mol. The zero-order chi connectivity index (χ0) is 22.5. The number of carbonyl (C=O) groups excluding carboxylic acids is 2. The van der Waals surface area contributed by atoms with Gasteiger partial charge in [-0.15, -0.1) is 22.7 Å². The van der Waals surface area contributed by atoms with Crippen LogP contribution in [0.15, 0.2) is 34.9 Å². The van der Waals surface area contributed by atoms with E-state index in [0.29, 0.717) is 28.2 Å². The first-order chi connectivity index (χ1) is 15.6. The van der Waals surface area contributed by atoms with Crippen LogP contribution in [0.5, 0.6) is 0 Å². The molecule has 0 aliphatic heterocycles. The third-order valence-corrected chi connectivity index (χ3v) is 8.34. The predicted octanol–water partition coefficient (Wildman–Crippen LogP) is 5.69. The topological polar surface area (TPSA) is 81.2 Å². The standard InChI is InChI=1S/C23H25N3O3S3/c1-3-14-7-8-15-18(12-14)32-21(20(15)22(28)29-4-2)26-19(27)13-31-23-24-10-9-16(25-23)17-6-5-11-30-17/h5-6,9-11,14H,3-4,7-8,12-13H2,1-2H3,(H,26,27). The van der Waals surface area contributed by atoms with Crippen LogP contribution in [0.3, 0.4) is 0 Å². The first-order valence-corrected chi connectivity index (χ1v) is 13.4. The second-order valence-corrected chi connectivity index (χ2v) is 10.5. The summed E-state index contributed by atoms with van der Waals surface area (Å²) in [7, 11) is 0. The van der Waals surface area contributed by atoms with Gasteiger partial charge in [-0.05, 0) is 55.2 Å². The van der Waals surface area contributed by atoms with Gasteiger partial charge in [0.25, 0.3) is 0 Å². The van der Waals surface area contributed by atoms with Gasteiger partial charge in [-0.2, -0.15) is 0 Å². The summed E-state index contributed by atoms with van der Waals surface area (Å²) in [4.78, 5) is 36.5. The number of nitrogens with one attached hydrogen (secondary N) is 1. The number of aromatic nitrogens is 2. The van der Waals surface area contributed by atoms with Gasteiger partial charge in [0.2, 0.25) is 5.91 Å². The first kappa shape index (κ1) is 22.9. The van der Waals surface area contributed by atoms with E-state index in [9.17, 15) is 9.59 Å². The maximum atomic E-state index is 12.7. The van der Waals surface area contributed by atoms with Gasteiger partial charge in [0.1, 0.15) is 5.00 Å². The molecule has 1 N–H and O–H groups in total. The minimum Gasteiger partial charge on any atom is -0.462 e. The quantitative estimate of drug-likeness (QED) is 0.250. The van der Waals surface area contributed by atoms with Gasteiger partial charge in [-0.3, -0.25) is 4.79 Å². The van der Waals surface area contributed by atoms with E-state index in [2.05, 4.69) is 22.2 Å². The molecule has 4 rings (SSSR count). The van der Waals surface area contributed by atoms with Crippen molar-refractivity contribution in [1.29, 1.82) is 0 Å². The maximum absolute atomic E-state index is 12.7. The molecule has 1 aliphatic carbocycles. The number of ether oxygens (including phenoxy) is 1. The Morgan fingerprint density at radius 1 is 1.31 bits per heavy atom. The van der Waals surface area contributed by atoms with Crippen LogP contribution in [0, 0.1) is 5.92 Å². The number of carbonyl (C=O) groups is 2. The fourth-order valence-corrected chi connectivity index (χ4v) is 6.47. The molecule has 3 heterocycles. The number of thiophene rings is 2. The number of hydrogen-bond acceptors (Lipinski definition) is 8. The molecule has 0 saturated carbocycles. The van der Waals surface area contributed by atoms with Gasteiger partial charge < -0.3 is 10.1 Å². The average molecular weight is 488 g/mol. The number of fused-ring (bicyclic) bond motifs is 1. The van der Waals surface area contributed by atoms with Crippen LogP contribution in [0.4, 0.5) is 5.00 Å². The highest BCUT2D eigenvalue weighted by Gasteiger charge is 2.29. The van der Waals surface area contributed by atoms with Crippen LogP contribution in [-0.2, 0) is 22.4 Å². The lowest BCUT2D eigenvalue weighted by Crippen LogP contribution is -2.18. The Morgan fingerprint density at radius 2 is 2.19 bits per heavy atom. The van der Waals surface area contributed by atoms with Gasteiger partial charge >= 0.3 is 5.97 Å². The molecule has 1 atom stereocenters. The molecule has 1 aliphatic rings. The summed E-state index contributed by atoms with van der Waals surface area (Å²) in [6.45, 7) is 4.30. The Balaban J connectivity index is 1.46. The summed E-state index contributed by atoms with van der Waals surface area (Å²) in [5, 5.41) is 6.11. The van der Waals surface area contributed by atoms with Gasteiger partial charge in [-0.1, -0.05) is 31.2 Å². The van der Waals surface area contributed by atoms with Crippen LogP contribution in [0.25, 0.3) is 10.6 Å². The zero-order valence-corrected chi connectivity index (χ0v) is 20.5. The van der Waals surface area contributed by atoms with Gasteiger partial charge in [-0.25, -0.2) is 14.8 Å². The second-order valence-electron chi connectivity index (χ2n) is 7.48. The fraction of sp³-hybridized carbons (Fsp3) is 0.391. The number of esters is 1. The Kier molecular flexibility index (Phi) is 7.59. The lowest BCUT2D eigenvalue weighted by Gasteiger charge is -2.20. The van der Waals surface area contributed by atoms with Crippen molar-refractivity contribution in [3.8, 4) is 10.6 Å². The Hall–Kier alpha value is -2.23. The molecule has 6 nitrogen and oxygen atoms in total. The molecule has 1 unspecified atom stereocenters. The van der Waals surface area contributed by atoms with E-state index in [1.165, 1.54) is 28.0 Å². The molecule has 0 saturated heterocycles. The number of anilines is 1. The van der Waals surface area contributed by atoms with E-state index >= 15 is 0 Å². The van der Waals surface area contributed by atoms with E-state index in [-0.39, 0.29) is 17.6 Å². The molecule has 168 valence electrons. The van der Waals surface area contributed by atoms with Crippen LogP contribution < -0.4 is 5.32 Å². The van der Waals surface area contributed by atoms with Crippen molar-refractivity contribution in [2.45, 2.75) is 44.7 Å². The van der Waals surface area contributed by atoms with Gasteiger partial charge in [0.05, 0.1) is 28.5 Å². The smallest absolute Gasteiger partial charge is 0.341 e. The summed E-state index contributed by atoms with van der Waals surface area (Å²) in [5.74, 6) is 0.255. The molecule has 3 aromatic rings. The minimum absolute atomic E-state index is 0.163. The molecule has 0 bridgehead atoms. The van der Waals surface area contributed by atoms with Gasteiger partial charge in [0, 0.05) is 11.1 Å². The second kappa shape index (κ2) is 10.6. The minimum atomic E-state index is -0.352. The van der Waals surface area contributed by atoms with E-state index in [1.54, 1.807) is 24.5 Å². The highest BCUT2D eigenvalue weighted by molar-refractivity contribution is 7.99. The number of thioether (sulfide) groups is 1. The number of nitrogens with zero attached hydrogens (tertiary/aromatic N) is 2. The summed E-state index contributed by atoms with van der Waals surface area (Å²) < 4.78 is 5.30. The lowest BCUT2D eigenvalue weighted by atomic mass is 9.85. The predicted molar refractivity (Wildman–Crippen MR) is 131 cm³/mol. The van der Waals surface area contributed by atoms with Crippen molar-refractivity contribution < 1.29 is 14.3 Å². The Morgan fingerprint density at radius 3 is 2.94 bits per heavy atom. The Labute approximate surface area is 199 Å². The number of hydrogen-bond donors (Lipinski definition) is 1. The average Bonchev–Trinajstić information content (AvgIpc) is 3.45. The van der Waals surface area contributed by atoms with Crippen LogP contribution in [-0.4, -0.2) is 34.2 Å². The van der Waals surface area contributed by atoms with Crippen molar-refractivity contribution in [3.63, 3.8) is 0 Å². The van der Waals surface area contributed by atoms with Gasteiger partial charge in [0.15, 0.2) is 5.16 Å². The largest absolute Gasteiger partial charge is 0.462 e. The van der Waals surface area contributed by atoms with Crippen LogP contribution >= 0.6 is 34.4 Å². The van der Waals surface area contributed by atoms with E-state index in [1.807, 2.05) is 23.6 Å². The van der Waals surface area contributed by atoms with E-state index in [4.69, 9.17) is 4.74 Å². The third kappa shape index (κ3) is 5.22. The normalized spacial score (nSPS) is 15.2. The first-order valence-electron chi connectivity index (χ1n) is 10.7. The summed E-state index contributed by atoms with van der Waals surface area (Å²) in [6.07, 6.45) is 5.70. The zero-order valence-electron chi connectivity index (χ0n) is 18.1. The van der Waals surface area contributed by atoms with Crippen LogP contribution in [0.2, 0.25) is 0 Å². The molecule has 0 radical (unpaired) electrons. The van der Waals surface area contributed by atoms with Crippen molar-refractivity contribution in [2.24, 2.45) is 5.92 Å². The SMILES string of the molecule is CCOC(=O)c1c(NC(=O)CSc2nccc(-c3cccs3)n2)sc2c1CCC(CC)C2. The molecule has 0 spiro atoms. The number of amides is 1. The fourth-order valence-electron chi connectivity index (χ4n) is 3.77. The van der Waals surface area contributed by atoms with E-state index < -0.39 is 0 Å². The highest BCUT2D eigenvalue weighted by Crippen LogP contribution is 2.41. The molecular formula is C23H25N3O3S3. The van der Waals surface area contributed by atoms with Crippen LogP contribution in [0.1, 0.15) is 47.5 Å². The highest BCUT2D eigenvalue weighted by atomic mass is 32.2. The molecule has 0 aromatic carbocycles.